The molecule has 6 heteroatoms. The molecular weight excluding hydrogens is 267 g/mol. The molecule has 0 aliphatic carbocycles. The summed E-state index contributed by atoms with van der Waals surface area (Å²) in [6.07, 6.45) is -4.33. The lowest BCUT2D eigenvalue weighted by molar-refractivity contribution is -0.137. The number of hydrogen-bond donors (Lipinski definition) is 1. The van der Waals surface area contributed by atoms with E-state index in [4.69, 9.17) is 5.73 Å². The quantitative estimate of drug-likeness (QED) is 0.862. The molecule has 0 aliphatic rings. The molecule has 3 nitrogen and oxygen atoms in total. The van der Waals surface area contributed by atoms with Gasteiger partial charge in [0.2, 0.25) is 0 Å². The van der Waals surface area contributed by atoms with Gasteiger partial charge in [-0.2, -0.15) is 18.3 Å². The maximum atomic E-state index is 12.6. The predicted octanol–water partition coefficient (Wildman–Crippen LogP) is 3.91. The standard InChI is InChI=1S/C14H16F3N3/c1-13(2,3)20-11(8-12(18)19-20)9-4-6-10(7-5-9)14(15,16)17/h4-8H,1-3H3,(H2,18,19). The van der Waals surface area contributed by atoms with Gasteiger partial charge in [-0.15, -0.1) is 0 Å². The van der Waals surface area contributed by atoms with E-state index in [2.05, 4.69) is 5.10 Å². The second-order valence-electron chi connectivity index (χ2n) is 5.61. The lowest BCUT2D eigenvalue weighted by Gasteiger charge is -2.22. The lowest BCUT2D eigenvalue weighted by Crippen LogP contribution is -2.24. The molecule has 0 saturated carbocycles. The van der Waals surface area contributed by atoms with Crippen molar-refractivity contribution in [1.29, 1.82) is 0 Å². The van der Waals surface area contributed by atoms with Gasteiger partial charge in [-0.05, 0) is 38.5 Å². The van der Waals surface area contributed by atoms with E-state index in [-0.39, 0.29) is 5.54 Å². The number of halogens is 3. The Balaban J connectivity index is 2.48. The third kappa shape index (κ3) is 2.79. The zero-order valence-corrected chi connectivity index (χ0v) is 11.5. The summed E-state index contributed by atoms with van der Waals surface area (Å²) in [5.41, 5.74) is 6.07. The van der Waals surface area contributed by atoms with E-state index < -0.39 is 11.7 Å². The van der Waals surface area contributed by atoms with Gasteiger partial charge in [0.15, 0.2) is 0 Å². The normalized spacial score (nSPS) is 12.7. The van der Waals surface area contributed by atoms with Crippen LogP contribution in [0.4, 0.5) is 19.0 Å². The van der Waals surface area contributed by atoms with E-state index in [0.717, 1.165) is 12.1 Å². The van der Waals surface area contributed by atoms with Crippen LogP contribution in [-0.2, 0) is 11.7 Å². The van der Waals surface area contributed by atoms with Crippen molar-refractivity contribution >= 4 is 5.82 Å². The number of aromatic nitrogens is 2. The van der Waals surface area contributed by atoms with Gasteiger partial charge in [-0.3, -0.25) is 4.68 Å². The average molecular weight is 283 g/mol. The Morgan fingerprint density at radius 3 is 2.05 bits per heavy atom. The molecule has 2 rings (SSSR count). The van der Waals surface area contributed by atoms with Gasteiger partial charge in [0.25, 0.3) is 0 Å². The molecule has 0 bridgehead atoms. The first-order valence-corrected chi connectivity index (χ1v) is 6.13. The van der Waals surface area contributed by atoms with E-state index in [9.17, 15) is 13.2 Å². The molecule has 20 heavy (non-hydrogen) atoms. The number of benzene rings is 1. The van der Waals surface area contributed by atoms with Crippen molar-refractivity contribution < 1.29 is 13.2 Å². The topological polar surface area (TPSA) is 43.8 Å². The van der Waals surface area contributed by atoms with Crippen LogP contribution in [0.15, 0.2) is 30.3 Å². The van der Waals surface area contributed by atoms with E-state index in [1.54, 1.807) is 10.7 Å². The predicted molar refractivity (Wildman–Crippen MR) is 72.1 cm³/mol. The molecule has 2 N–H and O–H groups in total. The molecular formula is C14H16F3N3. The molecule has 0 spiro atoms. The highest BCUT2D eigenvalue weighted by atomic mass is 19.4. The summed E-state index contributed by atoms with van der Waals surface area (Å²) in [5, 5.41) is 4.20. The Kier molecular flexibility index (Phi) is 3.28. The van der Waals surface area contributed by atoms with Crippen LogP contribution < -0.4 is 5.73 Å². The number of nitrogens with zero attached hydrogens (tertiary/aromatic N) is 2. The number of anilines is 1. The molecule has 0 aliphatic heterocycles. The maximum Gasteiger partial charge on any atom is 0.416 e. The van der Waals surface area contributed by atoms with Crippen LogP contribution in [-0.4, -0.2) is 9.78 Å². The van der Waals surface area contributed by atoms with Gasteiger partial charge in [-0.25, -0.2) is 0 Å². The Morgan fingerprint density at radius 2 is 1.60 bits per heavy atom. The first-order valence-electron chi connectivity index (χ1n) is 6.13. The molecule has 0 unspecified atom stereocenters. The number of alkyl halides is 3. The molecule has 1 aromatic heterocycles. The Morgan fingerprint density at radius 1 is 1.05 bits per heavy atom. The molecule has 0 saturated heterocycles. The summed E-state index contributed by atoms with van der Waals surface area (Å²) in [5.74, 6) is 0.342. The summed E-state index contributed by atoms with van der Waals surface area (Å²) in [7, 11) is 0. The van der Waals surface area contributed by atoms with Crippen LogP contribution in [0.1, 0.15) is 26.3 Å². The molecule has 0 radical (unpaired) electrons. The minimum Gasteiger partial charge on any atom is -0.382 e. The van der Waals surface area contributed by atoms with Gasteiger partial charge in [0, 0.05) is 6.07 Å². The van der Waals surface area contributed by atoms with Crippen molar-refractivity contribution in [3.05, 3.63) is 35.9 Å². The third-order valence-corrected chi connectivity index (χ3v) is 2.87. The second-order valence-corrected chi connectivity index (χ2v) is 5.61. The minimum absolute atomic E-state index is 0.310. The highest BCUT2D eigenvalue weighted by molar-refractivity contribution is 5.63. The second kappa shape index (κ2) is 4.54. The summed E-state index contributed by atoms with van der Waals surface area (Å²) in [4.78, 5) is 0. The van der Waals surface area contributed by atoms with Crippen molar-refractivity contribution in [1.82, 2.24) is 9.78 Å². The molecule has 0 atom stereocenters. The summed E-state index contributed by atoms with van der Waals surface area (Å²) < 4.78 is 39.4. The first-order chi connectivity index (χ1) is 9.09. The van der Waals surface area contributed by atoms with Crippen molar-refractivity contribution in [2.75, 3.05) is 5.73 Å². The van der Waals surface area contributed by atoms with Crippen LogP contribution in [0, 0.1) is 0 Å². The fourth-order valence-electron chi connectivity index (χ4n) is 1.95. The minimum atomic E-state index is -4.33. The van der Waals surface area contributed by atoms with Crippen LogP contribution in [0.2, 0.25) is 0 Å². The van der Waals surface area contributed by atoms with E-state index in [0.29, 0.717) is 17.1 Å². The van der Waals surface area contributed by atoms with Gasteiger partial charge in [0.05, 0.1) is 16.8 Å². The van der Waals surface area contributed by atoms with Crippen molar-refractivity contribution in [3.8, 4) is 11.3 Å². The lowest BCUT2D eigenvalue weighted by atomic mass is 10.1. The molecule has 0 fully saturated rings. The summed E-state index contributed by atoms with van der Waals surface area (Å²) in [6, 6.07) is 6.65. The maximum absolute atomic E-state index is 12.6. The van der Waals surface area contributed by atoms with Crippen molar-refractivity contribution in [3.63, 3.8) is 0 Å². The Hall–Kier alpha value is -1.98. The molecule has 108 valence electrons. The van der Waals surface area contributed by atoms with Crippen LogP contribution in [0.5, 0.6) is 0 Å². The molecule has 1 aromatic carbocycles. The number of nitrogens with two attached hydrogens (primary N) is 1. The van der Waals surface area contributed by atoms with Gasteiger partial charge in [0.1, 0.15) is 5.82 Å². The zero-order valence-electron chi connectivity index (χ0n) is 11.5. The monoisotopic (exact) mass is 283 g/mol. The molecule has 2 aromatic rings. The van der Waals surface area contributed by atoms with Gasteiger partial charge >= 0.3 is 6.18 Å². The van der Waals surface area contributed by atoms with E-state index >= 15 is 0 Å². The summed E-state index contributed by atoms with van der Waals surface area (Å²) in [6.45, 7) is 5.85. The highest BCUT2D eigenvalue weighted by Gasteiger charge is 2.30. The van der Waals surface area contributed by atoms with Gasteiger partial charge < -0.3 is 5.73 Å². The molecule has 0 amide bonds. The smallest absolute Gasteiger partial charge is 0.382 e. The Bertz CT molecular complexity index is 604. The van der Waals surface area contributed by atoms with Crippen LogP contribution in [0.25, 0.3) is 11.3 Å². The Labute approximate surface area is 115 Å². The average Bonchev–Trinajstić information content (AvgIpc) is 2.70. The van der Waals surface area contributed by atoms with E-state index in [1.807, 2.05) is 20.8 Å². The van der Waals surface area contributed by atoms with E-state index in [1.165, 1.54) is 12.1 Å². The highest BCUT2D eigenvalue weighted by Crippen LogP contribution is 2.32. The first kappa shape index (κ1) is 14.4. The number of nitrogen functional groups attached to an aromatic ring is 1. The van der Waals surface area contributed by atoms with Gasteiger partial charge in [-0.1, -0.05) is 12.1 Å². The number of hydrogen-bond acceptors (Lipinski definition) is 2. The van der Waals surface area contributed by atoms with Crippen LogP contribution in [0.3, 0.4) is 0 Å². The number of rotatable bonds is 1. The molecule has 1 heterocycles. The van der Waals surface area contributed by atoms with Crippen molar-refractivity contribution in [2.24, 2.45) is 0 Å². The third-order valence-electron chi connectivity index (χ3n) is 2.87. The largest absolute Gasteiger partial charge is 0.416 e. The summed E-state index contributed by atoms with van der Waals surface area (Å²) >= 11 is 0. The zero-order chi connectivity index (χ0) is 15.1. The SMILES string of the molecule is CC(C)(C)n1nc(N)cc1-c1ccc(C(F)(F)F)cc1. The fraction of sp³-hybridized carbons (Fsp3) is 0.357. The van der Waals surface area contributed by atoms with Crippen LogP contribution >= 0.6 is 0 Å². The van der Waals surface area contributed by atoms with Crippen molar-refractivity contribution in [2.45, 2.75) is 32.5 Å². The fourth-order valence-corrected chi connectivity index (χ4v) is 1.95.